The Bertz CT molecular complexity index is 1190. The van der Waals surface area contributed by atoms with Crippen molar-refractivity contribution in [2.24, 2.45) is 0 Å². The standard InChI is InChI=1S/C25H25N3O5S/c1-14(24(30)31)27-23(29)22-15(2)34-21(28-22)11-12-26-25(32)33-13-20-18-9-5-3-7-16(18)17-8-4-6-10-19(17)20/h3-10,14,20H,11-13H2,1-2H3,(H,26,32)(H,27,29)(H,30,31)/t14-/m0/s1. The molecule has 0 saturated heterocycles. The van der Waals surface area contributed by atoms with E-state index in [1.165, 1.54) is 29.4 Å². The Morgan fingerprint density at radius 2 is 1.71 bits per heavy atom. The Kier molecular flexibility index (Phi) is 6.93. The number of thiazole rings is 1. The number of nitrogens with zero attached hydrogens (tertiary/aromatic N) is 1. The molecule has 0 spiro atoms. The highest BCUT2D eigenvalue weighted by atomic mass is 32.1. The first-order chi connectivity index (χ1) is 16.3. The number of hydrogen-bond donors (Lipinski definition) is 3. The molecular weight excluding hydrogens is 454 g/mol. The molecule has 3 N–H and O–H groups in total. The van der Waals surface area contributed by atoms with Gasteiger partial charge in [-0.05, 0) is 36.1 Å². The normalized spacial score (nSPS) is 13.0. The molecule has 0 radical (unpaired) electrons. The zero-order valence-electron chi connectivity index (χ0n) is 18.8. The van der Waals surface area contributed by atoms with Crippen LogP contribution in [0.5, 0.6) is 0 Å². The van der Waals surface area contributed by atoms with Gasteiger partial charge in [0.1, 0.15) is 18.3 Å². The SMILES string of the molecule is Cc1sc(CCNC(=O)OCC2c3ccccc3-c3ccccc32)nc1C(=O)N[C@@H](C)C(=O)O. The Balaban J connectivity index is 1.29. The molecule has 0 aliphatic heterocycles. The van der Waals surface area contributed by atoms with Crippen LogP contribution in [0.15, 0.2) is 48.5 Å². The Morgan fingerprint density at radius 1 is 1.09 bits per heavy atom. The number of nitrogens with one attached hydrogen (secondary N) is 2. The molecule has 3 aromatic rings. The van der Waals surface area contributed by atoms with Crippen LogP contribution in [0.2, 0.25) is 0 Å². The van der Waals surface area contributed by atoms with E-state index in [9.17, 15) is 14.4 Å². The van der Waals surface area contributed by atoms with Crippen LogP contribution in [0.25, 0.3) is 11.1 Å². The maximum Gasteiger partial charge on any atom is 0.407 e. The highest BCUT2D eigenvalue weighted by molar-refractivity contribution is 7.11. The second kappa shape index (κ2) is 10.0. The van der Waals surface area contributed by atoms with Gasteiger partial charge in [0, 0.05) is 23.8 Å². The molecule has 1 heterocycles. The third kappa shape index (κ3) is 4.94. The van der Waals surface area contributed by atoms with Crippen LogP contribution >= 0.6 is 11.3 Å². The van der Waals surface area contributed by atoms with Gasteiger partial charge in [-0.2, -0.15) is 0 Å². The molecule has 0 bridgehead atoms. The number of carboxylic acids is 1. The van der Waals surface area contributed by atoms with E-state index in [1.54, 1.807) is 6.92 Å². The topological polar surface area (TPSA) is 118 Å². The third-order valence-corrected chi connectivity index (χ3v) is 6.76. The minimum Gasteiger partial charge on any atom is -0.480 e. The number of rotatable bonds is 8. The van der Waals surface area contributed by atoms with Crippen molar-refractivity contribution in [2.75, 3.05) is 13.2 Å². The van der Waals surface area contributed by atoms with Gasteiger partial charge in [0.05, 0.1) is 5.01 Å². The second-order valence-electron chi connectivity index (χ2n) is 8.05. The number of amides is 2. The van der Waals surface area contributed by atoms with Crippen LogP contribution in [0.1, 0.15) is 44.3 Å². The first kappa shape index (κ1) is 23.4. The summed E-state index contributed by atoms with van der Waals surface area (Å²) in [5.41, 5.74) is 4.84. The Hall–Kier alpha value is -3.72. The smallest absolute Gasteiger partial charge is 0.407 e. The van der Waals surface area contributed by atoms with Crippen molar-refractivity contribution >= 4 is 29.3 Å². The fraction of sp³-hybridized carbons (Fsp3) is 0.280. The van der Waals surface area contributed by atoms with Crippen LogP contribution in [-0.4, -0.2) is 47.3 Å². The lowest BCUT2D eigenvalue weighted by Crippen LogP contribution is -2.38. The molecule has 8 nitrogen and oxygen atoms in total. The van der Waals surface area contributed by atoms with Gasteiger partial charge in [-0.1, -0.05) is 48.5 Å². The number of aromatic nitrogens is 1. The molecular formula is C25H25N3O5S. The molecule has 0 fully saturated rings. The van der Waals surface area contributed by atoms with E-state index in [-0.39, 0.29) is 18.2 Å². The lowest BCUT2D eigenvalue weighted by atomic mass is 9.98. The monoisotopic (exact) mass is 479 g/mol. The maximum atomic E-state index is 12.3. The minimum absolute atomic E-state index is 0.00553. The van der Waals surface area contributed by atoms with E-state index in [2.05, 4.69) is 39.9 Å². The third-order valence-electron chi connectivity index (χ3n) is 5.73. The number of ether oxygens (including phenoxy) is 1. The van der Waals surface area contributed by atoms with E-state index in [0.29, 0.717) is 22.9 Å². The summed E-state index contributed by atoms with van der Waals surface area (Å²) >= 11 is 1.34. The number of alkyl carbamates (subject to hydrolysis) is 1. The van der Waals surface area contributed by atoms with E-state index in [0.717, 1.165) is 11.1 Å². The average Bonchev–Trinajstić information content (AvgIpc) is 3.35. The lowest BCUT2D eigenvalue weighted by molar-refractivity contribution is -0.138. The lowest BCUT2D eigenvalue weighted by Gasteiger charge is -2.14. The Labute approximate surface area is 201 Å². The van der Waals surface area contributed by atoms with Crippen LogP contribution in [0.3, 0.4) is 0 Å². The Morgan fingerprint density at radius 3 is 2.32 bits per heavy atom. The van der Waals surface area contributed by atoms with Crippen molar-refractivity contribution in [2.45, 2.75) is 32.2 Å². The van der Waals surface area contributed by atoms with Gasteiger partial charge in [-0.15, -0.1) is 11.3 Å². The number of carbonyl (C=O) groups is 3. The van der Waals surface area contributed by atoms with Crippen molar-refractivity contribution in [1.29, 1.82) is 0 Å². The molecule has 1 aliphatic carbocycles. The molecule has 9 heteroatoms. The fourth-order valence-corrected chi connectivity index (χ4v) is 4.95. The van der Waals surface area contributed by atoms with E-state index in [1.807, 2.05) is 24.3 Å². The summed E-state index contributed by atoms with van der Waals surface area (Å²) < 4.78 is 5.52. The van der Waals surface area contributed by atoms with Crippen LogP contribution in [0, 0.1) is 6.92 Å². The van der Waals surface area contributed by atoms with E-state index >= 15 is 0 Å². The van der Waals surface area contributed by atoms with Crippen molar-refractivity contribution in [1.82, 2.24) is 15.6 Å². The summed E-state index contributed by atoms with van der Waals surface area (Å²) in [6.07, 6.45) is -0.0827. The highest BCUT2D eigenvalue weighted by Gasteiger charge is 2.29. The van der Waals surface area contributed by atoms with Crippen molar-refractivity contribution in [3.63, 3.8) is 0 Å². The zero-order valence-corrected chi connectivity index (χ0v) is 19.6. The first-order valence-electron chi connectivity index (χ1n) is 10.9. The van der Waals surface area contributed by atoms with Gasteiger partial charge >= 0.3 is 12.1 Å². The van der Waals surface area contributed by atoms with Gasteiger partial charge in [0.25, 0.3) is 5.91 Å². The summed E-state index contributed by atoms with van der Waals surface area (Å²) in [6.45, 7) is 3.68. The summed E-state index contributed by atoms with van der Waals surface area (Å²) in [5.74, 6) is -1.65. The minimum atomic E-state index is -1.12. The summed E-state index contributed by atoms with van der Waals surface area (Å²) in [6, 6.07) is 15.3. The molecule has 0 unspecified atom stereocenters. The predicted octanol–water partition coefficient (Wildman–Crippen LogP) is 3.74. The van der Waals surface area contributed by atoms with E-state index < -0.39 is 24.0 Å². The number of hydrogen-bond acceptors (Lipinski definition) is 6. The largest absolute Gasteiger partial charge is 0.480 e. The molecule has 2 amide bonds. The predicted molar refractivity (Wildman–Crippen MR) is 128 cm³/mol. The fourth-order valence-electron chi connectivity index (χ4n) is 4.02. The van der Waals surface area contributed by atoms with Gasteiger partial charge < -0.3 is 20.5 Å². The van der Waals surface area contributed by atoms with E-state index in [4.69, 9.17) is 9.84 Å². The maximum absolute atomic E-state index is 12.3. The van der Waals surface area contributed by atoms with Gasteiger partial charge in [-0.3, -0.25) is 9.59 Å². The molecule has 34 heavy (non-hydrogen) atoms. The molecule has 0 saturated carbocycles. The molecule has 176 valence electrons. The number of fused-ring (bicyclic) bond motifs is 3. The van der Waals surface area contributed by atoms with Crippen molar-refractivity contribution in [3.8, 4) is 11.1 Å². The number of carbonyl (C=O) groups excluding carboxylic acids is 2. The number of benzene rings is 2. The van der Waals surface area contributed by atoms with Gasteiger partial charge in [0.2, 0.25) is 0 Å². The molecule has 1 atom stereocenters. The summed E-state index contributed by atoms with van der Waals surface area (Å²) in [5, 5.41) is 14.7. The summed E-state index contributed by atoms with van der Waals surface area (Å²) in [4.78, 5) is 40.5. The molecule has 1 aromatic heterocycles. The number of aryl methyl sites for hydroxylation is 1. The van der Waals surface area contributed by atoms with Crippen LogP contribution in [-0.2, 0) is 16.0 Å². The number of carboxylic acid groups (broad SMARTS) is 1. The quantitative estimate of drug-likeness (QED) is 0.453. The average molecular weight is 480 g/mol. The van der Waals surface area contributed by atoms with Crippen molar-refractivity contribution in [3.05, 3.63) is 75.2 Å². The number of aliphatic carboxylic acids is 1. The zero-order chi connectivity index (χ0) is 24.2. The molecule has 1 aliphatic rings. The molecule has 4 rings (SSSR count). The van der Waals surface area contributed by atoms with Gasteiger partial charge in [-0.25, -0.2) is 9.78 Å². The first-order valence-corrected chi connectivity index (χ1v) is 11.8. The second-order valence-corrected chi connectivity index (χ2v) is 9.34. The van der Waals surface area contributed by atoms with Crippen molar-refractivity contribution < 1.29 is 24.2 Å². The van der Waals surface area contributed by atoms with Gasteiger partial charge in [0.15, 0.2) is 0 Å². The highest BCUT2D eigenvalue weighted by Crippen LogP contribution is 2.44. The summed E-state index contributed by atoms with van der Waals surface area (Å²) in [7, 11) is 0. The van der Waals surface area contributed by atoms with Crippen LogP contribution in [0.4, 0.5) is 4.79 Å². The van der Waals surface area contributed by atoms with Crippen LogP contribution < -0.4 is 10.6 Å². The molecule has 2 aromatic carbocycles.